The van der Waals surface area contributed by atoms with Crippen LogP contribution in [-0.4, -0.2) is 5.91 Å². The smallest absolute Gasteiger partial charge is 0.265 e. The molecule has 0 aliphatic heterocycles. The van der Waals surface area contributed by atoms with Gasteiger partial charge in [-0.3, -0.25) is 4.79 Å². The maximum absolute atomic E-state index is 12.5. The van der Waals surface area contributed by atoms with Crippen LogP contribution in [0.5, 0.6) is 5.75 Å². The van der Waals surface area contributed by atoms with Crippen molar-refractivity contribution in [1.29, 1.82) is 0 Å². The van der Waals surface area contributed by atoms with Gasteiger partial charge in [-0.25, -0.2) is 0 Å². The van der Waals surface area contributed by atoms with Crippen molar-refractivity contribution in [2.24, 2.45) is 0 Å². The van der Waals surface area contributed by atoms with Crippen molar-refractivity contribution < 1.29 is 9.53 Å². The van der Waals surface area contributed by atoms with Gasteiger partial charge in [-0.05, 0) is 55.5 Å². The van der Waals surface area contributed by atoms with Crippen LogP contribution in [0.15, 0.2) is 41.8 Å². The number of carbonyl (C=O) groups is 1. The number of amides is 1. The van der Waals surface area contributed by atoms with Crippen molar-refractivity contribution in [3.05, 3.63) is 79.0 Å². The van der Waals surface area contributed by atoms with E-state index in [4.69, 9.17) is 27.9 Å². The van der Waals surface area contributed by atoms with E-state index >= 15 is 0 Å². The Morgan fingerprint density at radius 3 is 2.33 bits per heavy atom. The number of hydrogen-bond acceptors (Lipinski definition) is 3. The number of thiophene rings is 1. The van der Waals surface area contributed by atoms with E-state index in [0.717, 1.165) is 22.4 Å². The molecule has 1 aromatic heterocycles. The fourth-order valence-corrected chi connectivity index (χ4v) is 4.20. The van der Waals surface area contributed by atoms with E-state index in [0.29, 0.717) is 27.2 Å². The van der Waals surface area contributed by atoms with E-state index in [1.54, 1.807) is 18.2 Å². The van der Waals surface area contributed by atoms with E-state index < -0.39 is 0 Å². The molecule has 0 atom stereocenters. The zero-order valence-corrected chi connectivity index (χ0v) is 17.6. The zero-order valence-electron chi connectivity index (χ0n) is 15.2. The summed E-state index contributed by atoms with van der Waals surface area (Å²) in [5.74, 6) is 0.643. The number of anilines is 1. The molecule has 3 aromatic rings. The third-order valence-corrected chi connectivity index (χ3v) is 5.67. The number of para-hydroxylation sites is 1. The number of ether oxygens (including phenoxy) is 1. The summed E-state index contributed by atoms with van der Waals surface area (Å²) in [6.45, 7) is 6.55. The van der Waals surface area contributed by atoms with Crippen LogP contribution < -0.4 is 10.1 Å². The summed E-state index contributed by atoms with van der Waals surface area (Å²) in [6, 6.07) is 11.1. The summed E-state index contributed by atoms with van der Waals surface area (Å²) in [5, 5.41) is 5.50. The topological polar surface area (TPSA) is 38.3 Å². The minimum absolute atomic E-state index is 0.246. The van der Waals surface area contributed by atoms with Gasteiger partial charge < -0.3 is 10.1 Å². The van der Waals surface area contributed by atoms with Crippen LogP contribution in [0.3, 0.4) is 0 Å². The summed E-state index contributed by atoms with van der Waals surface area (Å²) in [4.78, 5) is 13.1. The van der Waals surface area contributed by atoms with E-state index in [-0.39, 0.29) is 5.91 Å². The molecule has 0 unspecified atom stereocenters. The molecule has 0 saturated heterocycles. The van der Waals surface area contributed by atoms with Crippen LogP contribution in [0.1, 0.15) is 31.9 Å². The van der Waals surface area contributed by atoms with Crippen molar-refractivity contribution in [1.82, 2.24) is 0 Å². The van der Waals surface area contributed by atoms with Crippen LogP contribution in [0, 0.1) is 20.8 Å². The summed E-state index contributed by atoms with van der Waals surface area (Å²) in [7, 11) is 0. The van der Waals surface area contributed by atoms with Crippen LogP contribution in [0.2, 0.25) is 10.0 Å². The molecular weight excluding hydrogens is 401 g/mol. The van der Waals surface area contributed by atoms with Crippen molar-refractivity contribution in [2.45, 2.75) is 27.4 Å². The second kappa shape index (κ2) is 8.34. The highest BCUT2D eigenvalue weighted by Gasteiger charge is 2.14. The molecule has 140 valence electrons. The van der Waals surface area contributed by atoms with E-state index in [2.05, 4.69) is 24.4 Å². The first kappa shape index (κ1) is 19.7. The molecule has 3 nitrogen and oxygen atoms in total. The van der Waals surface area contributed by atoms with Gasteiger partial charge in [0.05, 0.1) is 20.6 Å². The lowest BCUT2D eigenvalue weighted by molar-refractivity contribution is 0.103. The van der Waals surface area contributed by atoms with Crippen molar-refractivity contribution in [3.8, 4) is 5.75 Å². The first-order valence-corrected chi connectivity index (χ1v) is 10.0. The minimum Gasteiger partial charge on any atom is -0.488 e. The Kier molecular flexibility index (Phi) is 6.10. The zero-order chi connectivity index (χ0) is 19.6. The summed E-state index contributed by atoms with van der Waals surface area (Å²) in [5.41, 5.74) is 4.78. The normalized spacial score (nSPS) is 10.7. The van der Waals surface area contributed by atoms with Gasteiger partial charge in [-0.15, -0.1) is 11.3 Å². The Labute approximate surface area is 172 Å². The first-order chi connectivity index (χ1) is 12.8. The Morgan fingerprint density at radius 1 is 1.07 bits per heavy atom. The Morgan fingerprint density at radius 2 is 1.70 bits per heavy atom. The van der Waals surface area contributed by atoms with Gasteiger partial charge in [0.1, 0.15) is 12.4 Å². The molecule has 0 spiro atoms. The predicted octanol–water partition coefficient (Wildman–Crippen LogP) is 6.81. The third kappa shape index (κ3) is 4.64. The van der Waals surface area contributed by atoms with Crippen LogP contribution in [0.25, 0.3) is 0 Å². The van der Waals surface area contributed by atoms with Gasteiger partial charge in [0.25, 0.3) is 5.91 Å². The molecule has 1 amide bonds. The van der Waals surface area contributed by atoms with Crippen LogP contribution >= 0.6 is 34.5 Å². The fraction of sp³-hybridized carbons (Fsp3) is 0.190. The van der Waals surface area contributed by atoms with E-state index in [1.807, 2.05) is 25.3 Å². The standard InChI is InChI=1S/C21H19Cl2NO2S/c1-12-7-13(2)20(14(3)8-12)26-10-15-9-18(27-11-15)21(25)24-19-16(22)5-4-6-17(19)23/h4-9,11H,10H2,1-3H3,(H,24,25). The number of nitrogens with one attached hydrogen (secondary N) is 1. The number of rotatable bonds is 5. The molecular formula is C21H19Cl2NO2S. The molecule has 0 saturated carbocycles. The number of halogens is 2. The molecule has 0 fully saturated rings. The quantitative estimate of drug-likeness (QED) is 0.492. The maximum Gasteiger partial charge on any atom is 0.265 e. The monoisotopic (exact) mass is 419 g/mol. The highest BCUT2D eigenvalue weighted by molar-refractivity contribution is 7.12. The lowest BCUT2D eigenvalue weighted by Gasteiger charge is -2.12. The van der Waals surface area contributed by atoms with Gasteiger partial charge >= 0.3 is 0 Å². The van der Waals surface area contributed by atoms with Crippen molar-refractivity contribution in [2.75, 3.05) is 5.32 Å². The highest BCUT2D eigenvalue weighted by Crippen LogP contribution is 2.31. The minimum atomic E-state index is -0.246. The number of carbonyl (C=O) groups excluding carboxylic acids is 1. The molecule has 1 N–H and O–H groups in total. The van der Waals surface area contributed by atoms with Gasteiger partial charge in [0.15, 0.2) is 0 Å². The van der Waals surface area contributed by atoms with E-state index in [9.17, 15) is 4.79 Å². The number of aryl methyl sites for hydroxylation is 3. The molecule has 2 aromatic carbocycles. The SMILES string of the molecule is Cc1cc(C)c(OCc2csc(C(=O)Nc3c(Cl)cccc3Cl)c2)c(C)c1. The Bertz CT molecular complexity index is 954. The van der Waals surface area contributed by atoms with E-state index in [1.165, 1.54) is 16.9 Å². The summed E-state index contributed by atoms with van der Waals surface area (Å²) >= 11 is 13.6. The van der Waals surface area contributed by atoms with Gasteiger partial charge in [-0.2, -0.15) is 0 Å². The summed E-state index contributed by atoms with van der Waals surface area (Å²) in [6.07, 6.45) is 0. The average Bonchev–Trinajstić information content (AvgIpc) is 3.06. The number of hydrogen-bond donors (Lipinski definition) is 1. The lowest BCUT2D eigenvalue weighted by atomic mass is 10.1. The Balaban J connectivity index is 1.69. The summed E-state index contributed by atoms with van der Waals surface area (Å²) < 4.78 is 5.99. The van der Waals surface area contributed by atoms with Crippen molar-refractivity contribution in [3.63, 3.8) is 0 Å². The predicted molar refractivity (Wildman–Crippen MR) is 114 cm³/mol. The highest BCUT2D eigenvalue weighted by atomic mass is 35.5. The molecule has 3 rings (SSSR count). The average molecular weight is 420 g/mol. The van der Waals surface area contributed by atoms with Gasteiger partial charge in [-0.1, -0.05) is 47.0 Å². The molecule has 27 heavy (non-hydrogen) atoms. The van der Waals surface area contributed by atoms with Gasteiger partial charge in [0, 0.05) is 5.56 Å². The third-order valence-electron chi connectivity index (χ3n) is 4.07. The largest absolute Gasteiger partial charge is 0.488 e. The molecule has 1 heterocycles. The van der Waals surface area contributed by atoms with Crippen LogP contribution in [0.4, 0.5) is 5.69 Å². The number of benzene rings is 2. The second-order valence-corrected chi connectivity index (χ2v) is 8.11. The molecule has 6 heteroatoms. The van der Waals surface area contributed by atoms with Crippen molar-refractivity contribution >= 4 is 46.1 Å². The first-order valence-electron chi connectivity index (χ1n) is 8.38. The molecule has 0 radical (unpaired) electrons. The Hall–Kier alpha value is -2.01. The molecule has 0 aliphatic carbocycles. The fourth-order valence-electron chi connectivity index (χ4n) is 2.91. The van der Waals surface area contributed by atoms with Gasteiger partial charge in [0.2, 0.25) is 0 Å². The molecule has 0 bridgehead atoms. The second-order valence-electron chi connectivity index (χ2n) is 6.39. The van der Waals surface area contributed by atoms with Crippen LogP contribution in [-0.2, 0) is 6.61 Å². The maximum atomic E-state index is 12.5. The lowest BCUT2D eigenvalue weighted by Crippen LogP contribution is -2.11. The molecule has 0 aliphatic rings.